The first-order chi connectivity index (χ1) is 7.20. The van der Waals surface area contributed by atoms with E-state index in [1.54, 1.807) is 4.68 Å². The summed E-state index contributed by atoms with van der Waals surface area (Å²) >= 11 is 12.8. The molecule has 2 rings (SSSR count). The summed E-state index contributed by atoms with van der Waals surface area (Å²) in [4.78, 5) is 0. The topological polar surface area (TPSA) is 30.7 Å². The molecule has 3 nitrogen and oxygen atoms in total. The fraction of sp³-hybridized carbons (Fsp3) is 0.111. The van der Waals surface area contributed by atoms with Gasteiger partial charge in [-0.05, 0) is 18.2 Å². The first kappa shape index (κ1) is 11.1. The van der Waals surface area contributed by atoms with Crippen molar-refractivity contribution in [2.45, 2.75) is 5.33 Å². The Kier molecular flexibility index (Phi) is 3.43. The van der Waals surface area contributed by atoms with Crippen LogP contribution in [-0.2, 0) is 5.33 Å². The second-order valence-corrected chi connectivity index (χ2v) is 4.77. The molecule has 6 heteroatoms. The number of nitrogens with zero attached hydrogens (tertiary/aromatic N) is 3. The van der Waals surface area contributed by atoms with Crippen molar-refractivity contribution in [3.8, 4) is 5.69 Å². The van der Waals surface area contributed by atoms with Gasteiger partial charge in [-0.3, -0.25) is 0 Å². The molecule has 1 aromatic heterocycles. The number of alkyl halides is 1. The van der Waals surface area contributed by atoms with E-state index in [0.29, 0.717) is 10.4 Å². The maximum absolute atomic E-state index is 6.06. The fourth-order valence-corrected chi connectivity index (χ4v) is 1.95. The van der Waals surface area contributed by atoms with E-state index in [0.717, 1.165) is 15.9 Å². The van der Waals surface area contributed by atoms with Crippen LogP contribution in [0.4, 0.5) is 0 Å². The molecule has 0 atom stereocenters. The first-order valence-electron chi connectivity index (χ1n) is 4.13. The van der Waals surface area contributed by atoms with Crippen LogP contribution in [0.25, 0.3) is 5.69 Å². The van der Waals surface area contributed by atoms with Gasteiger partial charge in [0.1, 0.15) is 0 Å². The molecule has 0 fully saturated rings. The average Bonchev–Trinajstić information content (AvgIpc) is 2.70. The normalized spacial score (nSPS) is 10.6. The van der Waals surface area contributed by atoms with Gasteiger partial charge in [0, 0.05) is 9.80 Å². The third kappa shape index (κ3) is 2.41. The van der Waals surface area contributed by atoms with E-state index >= 15 is 0 Å². The molecule has 0 aliphatic heterocycles. The number of hydrogen-bond acceptors (Lipinski definition) is 2. The van der Waals surface area contributed by atoms with E-state index in [4.69, 9.17) is 11.6 Å². The van der Waals surface area contributed by atoms with Crippen LogP contribution in [-0.4, -0.2) is 15.0 Å². The van der Waals surface area contributed by atoms with Crippen LogP contribution in [0.15, 0.2) is 28.9 Å². The third-order valence-corrected chi connectivity index (χ3v) is 3.22. The monoisotopic (exact) mass is 349 g/mol. The van der Waals surface area contributed by atoms with Crippen LogP contribution in [0.5, 0.6) is 0 Å². The van der Waals surface area contributed by atoms with Gasteiger partial charge in [-0.25, -0.2) is 4.68 Å². The lowest BCUT2D eigenvalue weighted by Crippen LogP contribution is -1.95. The van der Waals surface area contributed by atoms with Crippen molar-refractivity contribution in [1.29, 1.82) is 0 Å². The zero-order valence-electron chi connectivity index (χ0n) is 7.49. The minimum absolute atomic E-state index is 0.643. The number of rotatable bonds is 2. The van der Waals surface area contributed by atoms with Crippen LogP contribution >= 0.6 is 43.5 Å². The van der Waals surface area contributed by atoms with E-state index < -0.39 is 0 Å². The maximum Gasteiger partial charge on any atom is 0.0937 e. The Morgan fingerprint density at radius 3 is 2.87 bits per heavy atom. The lowest BCUT2D eigenvalue weighted by molar-refractivity contribution is 0.800. The lowest BCUT2D eigenvalue weighted by atomic mass is 10.3. The number of benzene rings is 1. The molecule has 0 N–H and O–H groups in total. The lowest BCUT2D eigenvalue weighted by Gasteiger charge is -2.03. The molecule has 0 aliphatic rings. The summed E-state index contributed by atoms with van der Waals surface area (Å²) in [5, 5.41) is 9.29. The van der Waals surface area contributed by atoms with Crippen LogP contribution in [0.1, 0.15) is 5.69 Å². The summed E-state index contributed by atoms with van der Waals surface area (Å²) in [5.41, 5.74) is 1.68. The number of hydrogen-bond donors (Lipinski definition) is 0. The summed E-state index contributed by atoms with van der Waals surface area (Å²) in [6, 6.07) is 5.60. The van der Waals surface area contributed by atoms with Crippen LogP contribution in [0.3, 0.4) is 0 Å². The van der Waals surface area contributed by atoms with E-state index in [1.807, 2.05) is 24.4 Å². The van der Waals surface area contributed by atoms with Gasteiger partial charge in [-0.1, -0.05) is 48.7 Å². The number of aromatic nitrogens is 3. The second kappa shape index (κ2) is 4.63. The quantitative estimate of drug-likeness (QED) is 0.775. The molecular weight excluding hydrogens is 345 g/mol. The Hall–Kier alpha value is -0.390. The average molecular weight is 351 g/mol. The highest BCUT2D eigenvalue weighted by Gasteiger charge is 2.06. The summed E-state index contributed by atoms with van der Waals surface area (Å²) in [6.45, 7) is 0. The van der Waals surface area contributed by atoms with Crippen molar-refractivity contribution in [1.82, 2.24) is 15.0 Å². The highest BCUT2D eigenvalue weighted by molar-refractivity contribution is 9.10. The third-order valence-electron chi connectivity index (χ3n) is 1.83. The summed E-state index contributed by atoms with van der Waals surface area (Å²) in [6.07, 6.45) is 1.84. The van der Waals surface area contributed by atoms with Crippen LogP contribution in [0, 0.1) is 0 Å². The van der Waals surface area contributed by atoms with Gasteiger partial charge < -0.3 is 0 Å². The van der Waals surface area contributed by atoms with E-state index in [9.17, 15) is 0 Å². The molecular formula is C9H6Br2ClN3. The Morgan fingerprint density at radius 2 is 2.20 bits per heavy atom. The molecule has 78 valence electrons. The van der Waals surface area contributed by atoms with Crippen molar-refractivity contribution in [3.63, 3.8) is 0 Å². The van der Waals surface area contributed by atoms with Crippen molar-refractivity contribution in [3.05, 3.63) is 39.6 Å². The maximum atomic E-state index is 6.06. The standard InChI is InChI=1S/C9H6Br2ClN3/c10-4-7-5-15(14-13-7)9-3-6(11)1-2-8(9)12/h1-3,5H,4H2. The molecule has 1 heterocycles. The molecule has 0 saturated carbocycles. The van der Waals surface area contributed by atoms with E-state index in [2.05, 4.69) is 42.2 Å². The summed E-state index contributed by atoms with van der Waals surface area (Å²) < 4.78 is 2.61. The highest BCUT2D eigenvalue weighted by atomic mass is 79.9. The predicted molar refractivity (Wildman–Crippen MR) is 66.7 cm³/mol. The Labute approximate surface area is 109 Å². The van der Waals surface area contributed by atoms with Gasteiger partial charge in [-0.2, -0.15) is 0 Å². The van der Waals surface area contributed by atoms with Crippen molar-refractivity contribution < 1.29 is 0 Å². The van der Waals surface area contributed by atoms with E-state index in [1.165, 1.54) is 0 Å². The van der Waals surface area contributed by atoms with Gasteiger partial charge in [0.25, 0.3) is 0 Å². The molecule has 2 aromatic rings. The van der Waals surface area contributed by atoms with Gasteiger partial charge in [0.2, 0.25) is 0 Å². The molecule has 0 aliphatic carbocycles. The SMILES string of the molecule is Clc1ccc(Br)cc1-n1cc(CBr)nn1. The molecule has 0 spiro atoms. The fourth-order valence-electron chi connectivity index (χ4n) is 1.14. The van der Waals surface area contributed by atoms with Gasteiger partial charge >= 0.3 is 0 Å². The molecule has 0 amide bonds. The first-order valence-corrected chi connectivity index (χ1v) is 6.42. The van der Waals surface area contributed by atoms with Gasteiger partial charge in [-0.15, -0.1) is 5.10 Å². The molecule has 1 aromatic carbocycles. The van der Waals surface area contributed by atoms with Gasteiger partial charge in [0.15, 0.2) is 0 Å². The molecule has 0 saturated heterocycles. The summed E-state index contributed by atoms with van der Waals surface area (Å²) in [5.74, 6) is 0. The second-order valence-electron chi connectivity index (χ2n) is 2.88. The molecule has 0 unspecified atom stereocenters. The Morgan fingerprint density at radius 1 is 1.40 bits per heavy atom. The van der Waals surface area contributed by atoms with Crippen LogP contribution in [0.2, 0.25) is 5.02 Å². The Balaban J connectivity index is 2.48. The minimum Gasteiger partial charge on any atom is -0.219 e. The predicted octanol–water partition coefficient (Wildman–Crippen LogP) is 3.58. The molecule has 0 radical (unpaired) electrons. The van der Waals surface area contributed by atoms with Crippen LogP contribution < -0.4 is 0 Å². The zero-order chi connectivity index (χ0) is 10.8. The largest absolute Gasteiger partial charge is 0.219 e. The minimum atomic E-state index is 0.643. The van der Waals surface area contributed by atoms with Crippen molar-refractivity contribution in [2.24, 2.45) is 0 Å². The van der Waals surface area contributed by atoms with Crippen molar-refractivity contribution >= 4 is 43.5 Å². The zero-order valence-corrected chi connectivity index (χ0v) is 11.4. The Bertz CT molecular complexity index is 484. The van der Waals surface area contributed by atoms with Crippen molar-refractivity contribution in [2.75, 3.05) is 0 Å². The molecule has 0 bridgehead atoms. The number of halogens is 3. The highest BCUT2D eigenvalue weighted by Crippen LogP contribution is 2.24. The molecule has 15 heavy (non-hydrogen) atoms. The smallest absolute Gasteiger partial charge is 0.0937 e. The van der Waals surface area contributed by atoms with Gasteiger partial charge in [0.05, 0.1) is 22.6 Å². The summed E-state index contributed by atoms with van der Waals surface area (Å²) in [7, 11) is 0. The van der Waals surface area contributed by atoms with E-state index in [-0.39, 0.29) is 0 Å².